The SMILES string of the molecule is c1ccc(-c2cccc(-c3ccc(N(c4ccc(-c5ccc6c7ccc8ccccc8c7n(-c7ccccc7)c6c5)cc4)c4ccc(-c5cccc6c5sc5ccccc56)cc4)cc3)c2)cc1. The largest absolute Gasteiger partial charge is 0.311 e. The highest BCUT2D eigenvalue weighted by atomic mass is 32.1. The predicted molar refractivity (Wildman–Crippen MR) is 288 cm³/mol. The fourth-order valence-electron chi connectivity index (χ4n) is 10.1. The van der Waals surface area contributed by atoms with E-state index in [1.165, 1.54) is 97.3 Å². The quantitative estimate of drug-likeness (QED) is 0.148. The number of para-hydroxylation sites is 1. The summed E-state index contributed by atoms with van der Waals surface area (Å²) in [6.07, 6.45) is 0. The average molecular weight is 871 g/mol. The van der Waals surface area contributed by atoms with Crippen molar-refractivity contribution in [3.8, 4) is 50.2 Å². The van der Waals surface area contributed by atoms with Crippen LogP contribution in [0.3, 0.4) is 0 Å². The number of aromatic nitrogens is 1. The van der Waals surface area contributed by atoms with Crippen LogP contribution in [0.25, 0.3) is 103 Å². The topological polar surface area (TPSA) is 8.17 Å². The van der Waals surface area contributed by atoms with E-state index in [1.54, 1.807) is 0 Å². The van der Waals surface area contributed by atoms with Crippen molar-refractivity contribution >= 4 is 81.1 Å². The van der Waals surface area contributed by atoms with Crippen molar-refractivity contribution < 1.29 is 0 Å². The molecule has 0 fully saturated rings. The number of benzene rings is 11. The van der Waals surface area contributed by atoms with Crippen LogP contribution in [-0.4, -0.2) is 4.57 Å². The van der Waals surface area contributed by atoms with Crippen molar-refractivity contribution in [2.45, 2.75) is 0 Å². The minimum absolute atomic E-state index is 1.09. The van der Waals surface area contributed by atoms with Gasteiger partial charge in [0.15, 0.2) is 0 Å². The summed E-state index contributed by atoms with van der Waals surface area (Å²) in [5, 5.41) is 7.63. The Morgan fingerprint density at radius 1 is 0.313 bits per heavy atom. The second-order valence-corrected chi connectivity index (χ2v) is 18.3. The molecule has 0 atom stereocenters. The number of hydrogen-bond acceptors (Lipinski definition) is 2. The molecule has 0 saturated carbocycles. The van der Waals surface area contributed by atoms with E-state index in [9.17, 15) is 0 Å². The molecule has 3 heteroatoms. The van der Waals surface area contributed by atoms with Crippen LogP contribution >= 0.6 is 11.3 Å². The standard InChI is InChI=1S/C64H42N2S/c1-3-13-43(14-4-1)48-16-11-17-49(41-48)44-25-33-52(34-26-44)65(54-37-29-47(30-38-54)56-22-12-23-60-58-21-9-10-24-62(58)67-64(56)60)53-35-27-45(28-36-53)50-32-39-57-59-40-31-46-15-7-8-20-55(46)63(59)66(61(57)42-50)51-18-5-2-6-19-51/h1-42H. The Hall–Kier alpha value is -8.50. The van der Waals surface area contributed by atoms with Gasteiger partial charge >= 0.3 is 0 Å². The van der Waals surface area contributed by atoms with Crippen molar-refractivity contribution in [2.75, 3.05) is 4.90 Å². The van der Waals surface area contributed by atoms with Gasteiger partial charge in [-0.3, -0.25) is 0 Å². The molecule has 0 spiro atoms. The van der Waals surface area contributed by atoms with Crippen molar-refractivity contribution in [1.82, 2.24) is 4.57 Å². The van der Waals surface area contributed by atoms with E-state index in [0.29, 0.717) is 0 Å². The highest BCUT2D eigenvalue weighted by molar-refractivity contribution is 7.26. The van der Waals surface area contributed by atoms with Crippen LogP contribution in [0.4, 0.5) is 17.1 Å². The molecule has 2 nitrogen and oxygen atoms in total. The minimum Gasteiger partial charge on any atom is -0.311 e. The van der Waals surface area contributed by atoms with Crippen LogP contribution in [0.15, 0.2) is 255 Å². The van der Waals surface area contributed by atoms with E-state index < -0.39 is 0 Å². The van der Waals surface area contributed by atoms with Gasteiger partial charge in [-0.2, -0.15) is 0 Å². The van der Waals surface area contributed by atoms with E-state index in [1.807, 2.05) is 11.3 Å². The first-order chi connectivity index (χ1) is 33.2. The summed E-state index contributed by atoms with van der Waals surface area (Å²) in [5.41, 5.74) is 16.5. The normalized spacial score (nSPS) is 11.6. The number of anilines is 3. The summed E-state index contributed by atoms with van der Waals surface area (Å²) >= 11 is 1.88. The van der Waals surface area contributed by atoms with Gasteiger partial charge in [0.25, 0.3) is 0 Å². The molecule has 13 rings (SSSR count). The summed E-state index contributed by atoms with van der Waals surface area (Å²) in [4.78, 5) is 2.37. The van der Waals surface area contributed by atoms with Gasteiger partial charge in [0, 0.05) is 59.1 Å². The van der Waals surface area contributed by atoms with Crippen molar-refractivity contribution in [1.29, 1.82) is 0 Å². The smallest absolute Gasteiger partial charge is 0.0619 e. The van der Waals surface area contributed by atoms with E-state index in [2.05, 4.69) is 264 Å². The maximum atomic E-state index is 2.44. The van der Waals surface area contributed by atoms with E-state index in [4.69, 9.17) is 0 Å². The molecule has 67 heavy (non-hydrogen) atoms. The highest BCUT2D eigenvalue weighted by Gasteiger charge is 2.18. The molecule has 0 radical (unpaired) electrons. The van der Waals surface area contributed by atoms with Crippen LogP contribution in [0.1, 0.15) is 0 Å². The molecule has 0 N–H and O–H groups in total. The van der Waals surface area contributed by atoms with Gasteiger partial charge in [0.2, 0.25) is 0 Å². The molecule has 0 amide bonds. The van der Waals surface area contributed by atoms with Crippen molar-refractivity contribution in [2.24, 2.45) is 0 Å². The van der Waals surface area contributed by atoms with Crippen LogP contribution < -0.4 is 4.90 Å². The van der Waals surface area contributed by atoms with Crippen LogP contribution in [0.2, 0.25) is 0 Å². The molecule has 0 aliphatic heterocycles. The number of nitrogens with zero attached hydrogens (tertiary/aromatic N) is 2. The molecule has 0 saturated heterocycles. The maximum absolute atomic E-state index is 2.44. The van der Waals surface area contributed by atoms with Crippen LogP contribution in [-0.2, 0) is 0 Å². The van der Waals surface area contributed by atoms with E-state index in [-0.39, 0.29) is 0 Å². The molecular formula is C64H42N2S. The molecule has 11 aromatic carbocycles. The Bertz CT molecular complexity index is 3940. The lowest BCUT2D eigenvalue weighted by molar-refractivity contribution is 1.19. The Morgan fingerprint density at radius 3 is 1.52 bits per heavy atom. The van der Waals surface area contributed by atoms with Gasteiger partial charge in [-0.05, 0) is 117 Å². The van der Waals surface area contributed by atoms with Crippen molar-refractivity contribution in [3.05, 3.63) is 255 Å². The van der Waals surface area contributed by atoms with E-state index >= 15 is 0 Å². The minimum atomic E-state index is 1.09. The van der Waals surface area contributed by atoms with Gasteiger partial charge < -0.3 is 9.47 Å². The Balaban J connectivity index is 0.901. The average Bonchev–Trinajstić information content (AvgIpc) is 3.96. The van der Waals surface area contributed by atoms with Gasteiger partial charge in [-0.25, -0.2) is 0 Å². The van der Waals surface area contributed by atoms with Crippen LogP contribution in [0, 0.1) is 0 Å². The van der Waals surface area contributed by atoms with Crippen molar-refractivity contribution in [3.63, 3.8) is 0 Å². The lowest BCUT2D eigenvalue weighted by atomic mass is 9.98. The number of thiophene rings is 1. The molecule has 2 aromatic heterocycles. The fraction of sp³-hybridized carbons (Fsp3) is 0. The second-order valence-electron chi connectivity index (χ2n) is 17.3. The molecule has 0 aliphatic carbocycles. The third kappa shape index (κ3) is 6.79. The van der Waals surface area contributed by atoms with Gasteiger partial charge in [0.05, 0.1) is 11.0 Å². The zero-order valence-electron chi connectivity index (χ0n) is 36.6. The Labute approximate surface area is 393 Å². The predicted octanol–water partition coefficient (Wildman–Crippen LogP) is 18.4. The Kier molecular flexibility index (Phi) is 9.40. The Morgan fingerprint density at radius 2 is 0.821 bits per heavy atom. The third-order valence-corrected chi connectivity index (χ3v) is 14.6. The second kappa shape index (κ2) is 16.2. The van der Waals surface area contributed by atoms with Gasteiger partial charge in [-0.1, -0.05) is 188 Å². The number of hydrogen-bond donors (Lipinski definition) is 0. The van der Waals surface area contributed by atoms with Gasteiger partial charge in [0.1, 0.15) is 0 Å². The summed E-state index contributed by atoms with van der Waals surface area (Å²) in [6.45, 7) is 0. The molecule has 2 heterocycles. The summed E-state index contributed by atoms with van der Waals surface area (Å²) < 4.78 is 5.09. The van der Waals surface area contributed by atoms with Gasteiger partial charge in [-0.15, -0.1) is 11.3 Å². The first-order valence-corrected chi connectivity index (χ1v) is 23.7. The monoisotopic (exact) mass is 870 g/mol. The zero-order chi connectivity index (χ0) is 44.3. The first-order valence-electron chi connectivity index (χ1n) is 22.9. The molecule has 0 unspecified atom stereocenters. The third-order valence-electron chi connectivity index (χ3n) is 13.4. The molecule has 0 bridgehead atoms. The molecular weight excluding hydrogens is 829 g/mol. The first kappa shape index (κ1) is 38.9. The summed E-state index contributed by atoms with van der Waals surface area (Å²) in [7, 11) is 0. The summed E-state index contributed by atoms with van der Waals surface area (Å²) in [6, 6.07) is 93.0. The lowest BCUT2D eigenvalue weighted by Gasteiger charge is -2.26. The number of rotatable bonds is 8. The van der Waals surface area contributed by atoms with E-state index in [0.717, 1.165) is 22.7 Å². The lowest BCUT2D eigenvalue weighted by Crippen LogP contribution is -2.09. The fourth-order valence-corrected chi connectivity index (χ4v) is 11.4. The highest BCUT2D eigenvalue weighted by Crippen LogP contribution is 2.43. The summed E-state index contributed by atoms with van der Waals surface area (Å²) in [5.74, 6) is 0. The maximum Gasteiger partial charge on any atom is 0.0619 e. The van der Waals surface area contributed by atoms with Crippen LogP contribution in [0.5, 0.6) is 0 Å². The molecule has 0 aliphatic rings. The molecule has 314 valence electrons. The number of fused-ring (bicyclic) bond motifs is 8. The zero-order valence-corrected chi connectivity index (χ0v) is 37.4. The molecule has 13 aromatic rings.